The average Bonchev–Trinajstić information content (AvgIpc) is 1.99. The molecule has 0 fully saturated rings. The minimum Gasteiger partial charge on any atom is -0.634 e. The van der Waals surface area contributed by atoms with Crippen molar-refractivity contribution in [3.05, 3.63) is 5.21 Å². The van der Waals surface area contributed by atoms with Gasteiger partial charge in [-0.2, -0.15) is 0 Å². The summed E-state index contributed by atoms with van der Waals surface area (Å²) in [6.45, 7) is 0.541. The van der Waals surface area contributed by atoms with Crippen LogP contribution in [-0.4, -0.2) is 64.7 Å². The van der Waals surface area contributed by atoms with Crippen molar-refractivity contribution < 1.29 is 25.7 Å². The monoisotopic (exact) mass is 257 g/mol. The molecule has 100 valence electrons. The number of hydrogen-bond donors (Lipinski definition) is 4. The van der Waals surface area contributed by atoms with Crippen LogP contribution >= 0.6 is 10.0 Å². The van der Waals surface area contributed by atoms with Crippen LogP contribution in [0.4, 0.5) is 0 Å². The SMILES string of the molecule is C[NH+]([O-])CCCS(C)(C)CCC[N+](O)(O)O. The Morgan fingerprint density at radius 2 is 1.62 bits per heavy atom. The van der Waals surface area contributed by atoms with Crippen LogP contribution in [0.2, 0.25) is 0 Å². The Morgan fingerprint density at radius 1 is 1.12 bits per heavy atom. The number of hydroxylamine groups is 5. The second-order valence-corrected chi connectivity index (χ2v) is 9.10. The summed E-state index contributed by atoms with van der Waals surface area (Å²) in [5.41, 5.74) is 0. The molecule has 1 atom stereocenters. The van der Waals surface area contributed by atoms with E-state index in [1.165, 1.54) is 0 Å². The molecule has 4 N–H and O–H groups in total. The molecule has 0 bridgehead atoms. The van der Waals surface area contributed by atoms with Gasteiger partial charge in [0.15, 0.2) is 6.54 Å². The lowest BCUT2D eigenvalue weighted by molar-refractivity contribution is -1.37. The molecular formula is C9H25N2O4S+. The molecule has 0 rings (SSSR count). The van der Waals surface area contributed by atoms with Gasteiger partial charge < -0.3 is 10.3 Å². The molecule has 0 heterocycles. The van der Waals surface area contributed by atoms with Gasteiger partial charge in [0.05, 0.1) is 18.6 Å². The summed E-state index contributed by atoms with van der Waals surface area (Å²) in [4.78, 5) is -1.94. The van der Waals surface area contributed by atoms with Crippen LogP contribution in [-0.2, 0) is 0 Å². The molecule has 0 aliphatic carbocycles. The Bertz CT molecular complexity index is 194. The van der Waals surface area contributed by atoms with E-state index >= 15 is 0 Å². The zero-order valence-corrected chi connectivity index (χ0v) is 11.2. The molecule has 1 unspecified atom stereocenters. The summed E-state index contributed by atoms with van der Waals surface area (Å²) < 4.78 is 0. The van der Waals surface area contributed by atoms with Crippen molar-refractivity contribution in [1.29, 1.82) is 0 Å². The fourth-order valence-corrected chi connectivity index (χ4v) is 3.52. The highest BCUT2D eigenvalue weighted by Crippen LogP contribution is 2.40. The molecule has 0 aliphatic heterocycles. The normalized spacial score (nSPS) is 16.2. The maximum atomic E-state index is 10.8. The molecule has 0 aliphatic rings. The summed E-state index contributed by atoms with van der Waals surface area (Å²) in [5, 5.41) is 37.0. The number of hydrogen-bond acceptors (Lipinski definition) is 4. The van der Waals surface area contributed by atoms with Gasteiger partial charge in [-0.3, -0.25) is 0 Å². The van der Waals surface area contributed by atoms with E-state index in [1.807, 2.05) is 0 Å². The number of quaternary nitrogens is 2. The van der Waals surface area contributed by atoms with Gasteiger partial charge in [0.25, 0.3) is 0 Å². The molecule has 7 heteroatoms. The fourth-order valence-electron chi connectivity index (χ4n) is 1.48. The predicted octanol–water partition coefficient (Wildman–Crippen LogP) is -0.172. The van der Waals surface area contributed by atoms with Crippen LogP contribution < -0.4 is 5.06 Å². The van der Waals surface area contributed by atoms with E-state index in [1.54, 1.807) is 7.05 Å². The maximum Gasteiger partial charge on any atom is 0.178 e. The molecule has 0 saturated heterocycles. The molecule has 0 radical (unpaired) electrons. The third-order valence-electron chi connectivity index (χ3n) is 2.38. The third-order valence-corrected chi connectivity index (χ3v) is 5.17. The van der Waals surface area contributed by atoms with Crippen LogP contribution in [0.1, 0.15) is 12.8 Å². The first-order valence-corrected chi connectivity index (χ1v) is 8.16. The van der Waals surface area contributed by atoms with E-state index in [0.29, 0.717) is 13.0 Å². The molecule has 0 aromatic carbocycles. The molecular weight excluding hydrogens is 232 g/mol. The standard InChI is InChI=1S/C9H25N2O4S/c1-10(12)6-4-8-16(2,3)9-5-7-11(13,14)15/h10,13-15H,4-9H2,1-3H3/q+1. The van der Waals surface area contributed by atoms with Gasteiger partial charge in [-0.1, -0.05) is 0 Å². The van der Waals surface area contributed by atoms with Crippen molar-refractivity contribution in [2.75, 3.05) is 44.2 Å². The van der Waals surface area contributed by atoms with Crippen molar-refractivity contribution in [2.45, 2.75) is 12.8 Å². The summed E-state index contributed by atoms with van der Waals surface area (Å²) in [5.74, 6) is 1.88. The van der Waals surface area contributed by atoms with Gasteiger partial charge >= 0.3 is 0 Å². The van der Waals surface area contributed by atoms with E-state index in [9.17, 15) is 5.21 Å². The quantitative estimate of drug-likeness (QED) is 0.359. The van der Waals surface area contributed by atoms with Crippen LogP contribution in [0.3, 0.4) is 0 Å². The molecule has 0 aromatic rings. The topological polar surface area (TPSA) is 88.2 Å². The fraction of sp³-hybridized carbons (Fsp3) is 1.00. The maximum absolute atomic E-state index is 10.8. The van der Waals surface area contributed by atoms with Crippen LogP contribution in [0.25, 0.3) is 0 Å². The van der Waals surface area contributed by atoms with Gasteiger partial charge in [0.1, 0.15) is 0 Å². The first-order valence-electron chi connectivity index (χ1n) is 5.37. The smallest absolute Gasteiger partial charge is 0.178 e. The first-order chi connectivity index (χ1) is 7.12. The Balaban J connectivity index is 3.70. The van der Waals surface area contributed by atoms with Gasteiger partial charge in [0, 0.05) is 12.8 Å². The van der Waals surface area contributed by atoms with Gasteiger partial charge in [-0.15, -0.1) is 15.6 Å². The van der Waals surface area contributed by atoms with Crippen molar-refractivity contribution >= 4 is 10.0 Å². The van der Waals surface area contributed by atoms with E-state index in [2.05, 4.69) is 12.5 Å². The highest BCUT2D eigenvalue weighted by molar-refractivity contribution is 8.32. The van der Waals surface area contributed by atoms with Crippen molar-refractivity contribution in [3.63, 3.8) is 0 Å². The lowest BCUT2D eigenvalue weighted by Gasteiger charge is -2.31. The van der Waals surface area contributed by atoms with E-state index in [-0.39, 0.29) is 11.6 Å². The third kappa shape index (κ3) is 10.6. The summed E-state index contributed by atoms with van der Waals surface area (Å²) in [6, 6.07) is 0. The van der Waals surface area contributed by atoms with E-state index in [0.717, 1.165) is 17.9 Å². The first kappa shape index (κ1) is 16.1. The zero-order valence-electron chi connectivity index (χ0n) is 10.3. The van der Waals surface area contributed by atoms with E-state index < -0.39 is 15.0 Å². The minimum absolute atomic E-state index is 0.0802. The Kier molecular flexibility index (Phi) is 6.80. The molecule has 16 heavy (non-hydrogen) atoms. The summed E-state index contributed by atoms with van der Waals surface area (Å²) in [7, 11) is 0.799. The highest BCUT2D eigenvalue weighted by atomic mass is 32.3. The predicted molar refractivity (Wildman–Crippen MR) is 64.0 cm³/mol. The van der Waals surface area contributed by atoms with Gasteiger partial charge in [0.2, 0.25) is 0 Å². The lowest BCUT2D eigenvalue weighted by Crippen LogP contribution is -3.03. The largest absolute Gasteiger partial charge is 0.634 e. The Morgan fingerprint density at radius 3 is 2.06 bits per heavy atom. The second kappa shape index (κ2) is 6.75. The summed E-state index contributed by atoms with van der Waals surface area (Å²) in [6.07, 6.45) is 5.78. The molecule has 6 nitrogen and oxygen atoms in total. The van der Waals surface area contributed by atoms with E-state index in [4.69, 9.17) is 15.6 Å². The second-order valence-electron chi connectivity index (χ2n) is 4.75. The van der Waals surface area contributed by atoms with Crippen molar-refractivity contribution in [1.82, 2.24) is 0 Å². The zero-order chi connectivity index (χ0) is 12.8. The van der Waals surface area contributed by atoms with Crippen LogP contribution in [0.15, 0.2) is 0 Å². The van der Waals surface area contributed by atoms with Gasteiger partial charge in [-0.25, -0.2) is 10.0 Å². The summed E-state index contributed by atoms with van der Waals surface area (Å²) >= 11 is 0. The number of nitrogens with one attached hydrogen (secondary N) is 1. The van der Waals surface area contributed by atoms with Crippen molar-refractivity contribution in [2.24, 2.45) is 0 Å². The Hall–Kier alpha value is 0.110. The van der Waals surface area contributed by atoms with Crippen LogP contribution in [0, 0.1) is 5.21 Å². The lowest BCUT2D eigenvalue weighted by atomic mass is 10.5. The van der Waals surface area contributed by atoms with Crippen molar-refractivity contribution in [3.8, 4) is 0 Å². The molecule has 0 spiro atoms. The Labute approximate surface area is 98.4 Å². The van der Waals surface area contributed by atoms with Gasteiger partial charge in [-0.05, 0) is 24.0 Å². The highest BCUT2D eigenvalue weighted by Gasteiger charge is 2.20. The number of nitrogens with zero attached hydrogens (tertiary/aromatic N) is 1. The molecule has 0 aromatic heterocycles. The average molecular weight is 257 g/mol. The van der Waals surface area contributed by atoms with Crippen LogP contribution in [0.5, 0.6) is 0 Å². The molecule has 0 saturated carbocycles. The number of rotatable bonds is 8. The molecule has 0 amide bonds. The minimum atomic E-state index is -1.94.